The molecule has 0 saturated carbocycles. The number of para-hydroxylation sites is 2. The number of carbonyl (C=O) groups is 4. The number of carboxylic acids is 1. The number of urea groups is 2. The highest BCUT2D eigenvalue weighted by Gasteiger charge is 2.24. The molecule has 3 aliphatic rings. The average molecular weight is 1060 g/mol. The fourth-order valence-corrected chi connectivity index (χ4v) is 7.31. The fourth-order valence-electron chi connectivity index (χ4n) is 7.17. The van der Waals surface area contributed by atoms with Crippen molar-refractivity contribution in [2.45, 2.75) is 19.9 Å². The number of hydrogen-bond acceptors (Lipinski definition) is 16. The monoisotopic (exact) mass is 1060 g/mol. The zero-order valence-corrected chi connectivity index (χ0v) is 42.9. The number of rotatable bonds is 7. The molecule has 0 atom stereocenters. The van der Waals surface area contributed by atoms with E-state index in [-0.39, 0.29) is 36.1 Å². The van der Waals surface area contributed by atoms with Crippen LogP contribution in [0.2, 0.25) is 5.15 Å². The molecule has 3 aliphatic heterocycles. The van der Waals surface area contributed by atoms with E-state index in [9.17, 15) is 14.4 Å². The van der Waals surface area contributed by atoms with Crippen LogP contribution in [0.3, 0.4) is 0 Å². The number of hydrogen-bond donors (Lipinski definition) is 5. The second-order valence-corrected chi connectivity index (χ2v) is 16.5. The van der Waals surface area contributed by atoms with Crippen LogP contribution in [0, 0.1) is 22.7 Å². The second kappa shape index (κ2) is 32.5. The molecule has 9 rings (SSSR count). The molecular weight excluding hydrogens is 1000 g/mol. The first-order chi connectivity index (χ1) is 35.9. The Morgan fingerprint density at radius 2 is 1.04 bits per heavy atom. The summed E-state index contributed by atoms with van der Waals surface area (Å²) < 4.78 is 0. The van der Waals surface area contributed by atoms with Crippen LogP contribution in [-0.4, -0.2) is 152 Å². The molecule has 0 aliphatic carbocycles. The van der Waals surface area contributed by atoms with Crippen molar-refractivity contribution in [2.75, 3.05) is 99.0 Å². The van der Waals surface area contributed by atoms with Crippen molar-refractivity contribution in [1.82, 2.24) is 49.9 Å². The summed E-state index contributed by atoms with van der Waals surface area (Å²) in [7, 11) is 0. The van der Waals surface area contributed by atoms with E-state index in [1.807, 2.05) is 119 Å². The minimum absolute atomic E-state index is 0. The zero-order chi connectivity index (χ0) is 52.9. The Morgan fingerprint density at radius 3 is 1.48 bits per heavy atom. The van der Waals surface area contributed by atoms with Gasteiger partial charge in [0.2, 0.25) is 5.91 Å². The van der Waals surface area contributed by atoms with Crippen LogP contribution in [0.25, 0.3) is 0 Å². The normalized spacial score (nSPS) is 13.5. The van der Waals surface area contributed by atoms with Crippen molar-refractivity contribution < 1.29 is 24.3 Å². The summed E-state index contributed by atoms with van der Waals surface area (Å²) in [5.41, 5.74) is 9.76. The number of amides is 5. The summed E-state index contributed by atoms with van der Waals surface area (Å²) in [6.07, 6.45) is 4.70. The van der Waals surface area contributed by atoms with E-state index in [4.69, 9.17) is 37.8 Å². The Hall–Kier alpha value is -8.54. The Bertz CT molecular complexity index is 2770. The first-order valence-corrected chi connectivity index (χ1v) is 23.9. The second-order valence-electron chi connectivity index (χ2n) is 16.1. The van der Waals surface area contributed by atoms with Crippen molar-refractivity contribution in [1.29, 1.82) is 10.5 Å². The third-order valence-corrected chi connectivity index (χ3v) is 11.1. The quantitative estimate of drug-likeness (QED) is 0.129. The van der Waals surface area contributed by atoms with E-state index in [2.05, 4.69) is 55.7 Å². The molecule has 3 aromatic heterocycles. The maximum atomic E-state index is 12.3. The Kier molecular flexibility index (Phi) is 25.6. The van der Waals surface area contributed by atoms with Crippen LogP contribution in [0.4, 0.5) is 32.6 Å². The number of anilines is 4. The van der Waals surface area contributed by atoms with Crippen LogP contribution in [0.1, 0.15) is 29.6 Å². The van der Waals surface area contributed by atoms with E-state index < -0.39 is 5.97 Å². The Balaban J connectivity index is 0.000000219. The molecule has 0 spiro atoms. The van der Waals surface area contributed by atoms with Crippen molar-refractivity contribution in [3.05, 3.63) is 156 Å². The van der Waals surface area contributed by atoms with Gasteiger partial charge in [-0.2, -0.15) is 10.5 Å². The van der Waals surface area contributed by atoms with Gasteiger partial charge in [0, 0.05) is 122 Å². The third kappa shape index (κ3) is 21.2. The number of nitrogens with zero attached hydrogens (tertiary/aromatic N) is 13. The molecule has 3 fully saturated rings. The zero-order valence-electron chi connectivity index (χ0n) is 41.3. The smallest absolute Gasteiger partial charge is 0.321 e. The number of aliphatic carboxylic acids is 1. The molecule has 6 aromatic rings. The van der Waals surface area contributed by atoms with Crippen LogP contribution in [0.15, 0.2) is 128 Å². The predicted molar refractivity (Wildman–Crippen MR) is 287 cm³/mol. The number of piperazine rings is 3. The van der Waals surface area contributed by atoms with Gasteiger partial charge in [-0.1, -0.05) is 78.3 Å². The molecule has 0 radical (unpaired) electrons. The van der Waals surface area contributed by atoms with Gasteiger partial charge in [0.15, 0.2) is 0 Å². The maximum Gasteiger partial charge on any atom is 0.321 e. The lowest BCUT2D eigenvalue weighted by Gasteiger charge is -2.35. The number of carbonyl (C=O) groups excluding carboxylic acids is 3. The van der Waals surface area contributed by atoms with Crippen molar-refractivity contribution in [3.8, 4) is 12.1 Å². The van der Waals surface area contributed by atoms with E-state index >= 15 is 0 Å². The van der Waals surface area contributed by atoms with Crippen LogP contribution in [0.5, 0.6) is 0 Å². The Morgan fingerprint density at radius 1 is 0.613 bits per heavy atom. The number of aromatic nitrogens is 6. The molecule has 22 nitrogen and oxygen atoms in total. The average Bonchev–Trinajstić information content (AvgIpc) is 3.44. The standard InChI is InChI=1S/C16H20N6O.C16H16N6O.C12H16N2O.C5H2ClN3.C2H4O2.ClH/c2*17-11-14-10-15(19-12-18-14)21-6-8-22(9-7-21)16(23)20-13-4-2-1-3-5-13;15-12(14-8-6-13-7-9-14)10-11-4-2-1-3-5-11;6-5-1-4(2-7)8-3-9-5;1-2(3)4;/h1-5,10,12H,6-9,11,17H2,(H,20,23);1-5,10,12H,6-9H2,(H,20,23);1-5,13H,6-10H2;1,3H;1H3,(H,3,4);1H. The SMILES string of the molecule is CC(=O)O.Cl.N#Cc1cc(Cl)ncn1.N#Cc1cc(N2CCN(C(=O)Nc3ccccc3)CC2)ncn1.NCc1cc(N2CCN(C(=O)Nc3ccccc3)CC2)ncn1.O=C(Cc1ccccc1)N1CCNCC1. The van der Waals surface area contributed by atoms with Gasteiger partial charge in [0.25, 0.3) is 5.97 Å². The molecule has 392 valence electrons. The number of carboxylic acid groups (broad SMARTS) is 1. The summed E-state index contributed by atoms with van der Waals surface area (Å²) >= 11 is 5.42. The summed E-state index contributed by atoms with van der Waals surface area (Å²) in [6.45, 7) is 10.3. The summed E-state index contributed by atoms with van der Waals surface area (Å²) in [6, 6.07) is 37.4. The van der Waals surface area contributed by atoms with Gasteiger partial charge in [-0.3, -0.25) is 9.59 Å². The van der Waals surface area contributed by atoms with E-state index in [0.29, 0.717) is 63.1 Å². The molecule has 0 bridgehead atoms. The van der Waals surface area contributed by atoms with Gasteiger partial charge in [-0.05, 0) is 29.8 Å². The minimum atomic E-state index is -0.833. The van der Waals surface area contributed by atoms with Crippen LogP contribution in [-0.2, 0) is 22.6 Å². The van der Waals surface area contributed by atoms with Gasteiger partial charge < -0.3 is 51.3 Å². The molecule has 24 heteroatoms. The number of nitriles is 2. The highest BCUT2D eigenvalue weighted by molar-refractivity contribution is 6.29. The molecule has 75 heavy (non-hydrogen) atoms. The molecule has 6 heterocycles. The summed E-state index contributed by atoms with van der Waals surface area (Å²) in [5.74, 6) is 0.992. The highest BCUT2D eigenvalue weighted by atomic mass is 35.5. The largest absolute Gasteiger partial charge is 0.481 e. The van der Waals surface area contributed by atoms with Gasteiger partial charge >= 0.3 is 12.1 Å². The van der Waals surface area contributed by atoms with Gasteiger partial charge in [0.1, 0.15) is 59.3 Å². The Labute approximate surface area is 446 Å². The number of nitrogens with two attached hydrogens (primary N) is 1. The number of halogens is 2. The highest BCUT2D eigenvalue weighted by Crippen LogP contribution is 2.17. The van der Waals surface area contributed by atoms with Gasteiger partial charge in [0.05, 0.1) is 12.1 Å². The van der Waals surface area contributed by atoms with Crippen molar-refractivity contribution in [3.63, 3.8) is 0 Å². The van der Waals surface area contributed by atoms with Crippen molar-refractivity contribution >= 4 is 71.0 Å². The first-order valence-electron chi connectivity index (χ1n) is 23.5. The number of nitrogens with one attached hydrogen (secondary N) is 3. The first kappa shape index (κ1) is 59.0. The van der Waals surface area contributed by atoms with E-state index in [1.165, 1.54) is 25.0 Å². The predicted octanol–water partition coefficient (Wildman–Crippen LogP) is 5.17. The molecular formula is C51H59Cl2N17O5. The fraction of sp³-hybridized carbons (Fsp3) is 0.294. The van der Waals surface area contributed by atoms with Crippen LogP contribution < -0.4 is 31.5 Å². The molecule has 3 saturated heterocycles. The van der Waals surface area contributed by atoms with E-state index in [1.54, 1.807) is 11.0 Å². The number of benzene rings is 3. The summed E-state index contributed by atoms with van der Waals surface area (Å²) in [5, 5.41) is 33.9. The minimum Gasteiger partial charge on any atom is -0.481 e. The molecule has 3 aromatic carbocycles. The third-order valence-electron chi connectivity index (χ3n) is 10.9. The lowest BCUT2D eigenvalue weighted by atomic mass is 10.1. The van der Waals surface area contributed by atoms with Gasteiger partial charge in [-0.15, -0.1) is 12.4 Å². The van der Waals surface area contributed by atoms with Crippen molar-refractivity contribution in [2.24, 2.45) is 5.73 Å². The molecule has 0 unspecified atom stereocenters. The molecule has 6 N–H and O–H groups in total. The maximum absolute atomic E-state index is 12.3. The van der Waals surface area contributed by atoms with Crippen LogP contribution >= 0.6 is 24.0 Å². The lowest BCUT2D eigenvalue weighted by Crippen LogP contribution is -2.50. The lowest BCUT2D eigenvalue weighted by molar-refractivity contribution is -0.134. The van der Waals surface area contributed by atoms with Gasteiger partial charge in [-0.25, -0.2) is 39.5 Å². The van der Waals surface area contributed by atoms with E-state index in [0.717, 1.165) is 80.5 Å². The summed E-state index contributed by atoms with van der Waals surface area (Å²) in [4.78, 5) is 78.7. The molecule has 5 amide bonds. The topological polar surface area (TPSA) is 292 Å².